The van der Waals surface area contributed by atoms with Crippen LogP contribution in [-0.4, -0.2) is 42.8 Å². The van der Waals surface area contributed by atoms with Gasteiger partial charge in [-0.25, -0.2) is 15.0 Å². The number of hydrogen-bond acceptors (Lipinski definition) is 7. The third-order valence-electron chi connectivity index (χ3n) is 6.29. The first-order valence-electron chi connectivity index (χ1n) is 10.8. The highest BCUT2D eigenvalue weighted by molar-refractivity contribution is 5.89. The normalized spacial score (nSPS) is 16.8. The number of nitrogens with zero attached hydrogens (tertiary/aromatic N) is 8. The van der Waals surface area contributed by atoms with Crippen LogP contribution in [0.1, 0.15) is 30.0 Å². The quantitative estimate of drug-likeness (QED) is 0.459. The summed E-state index contributed by atoms with van der Waals surface area (Å²) in [5.41, 5.74) is 0.682. The third-order valence-corrected chi connectivity index (χ3v) is 6.29. The molecule has 12 heteroatoms. The zero-order valence-electron chi connectivity index (χ0n) is 18.2. The largest absolute Gasteiger partial charge is 0.417 e. The molecule has 5 heterocycles. The summed E-state index contributed by atoms with van der Waals surface area (Å²) in [6.07, 6.45) is 3.93. The first-order valence-corrected chi connectivity index (χ1v) is 10.8. The van der Waals surface area contributed by atoms with Crippen LogP contribution in [0.5, 0.6) is 0 Å². The minimum atomic E-state index is -4.65. The average Bonchev–Trinajstić information content (AvgIpc) is 3.62. The Balaban J connectivity index is 1.42. The molecule has 0 saturated carbocycles. The summed E-state index contributed by atoms with van der Waals surface area (Å²) in [6.45, 7) is 0.764. The maximum absolute atomic E-state index is 13.4. The number of anilines is 1. The van der Waals surface area contributed by atoms with E-state index in [9.17, 15) is 23.7 Å². The van der Waals surface area contributed by atoms with E-state index in [0.717, 1.165) is 23.2 Å². The van der Waals surface area contributed by atoms with Gasteiger partial charge >= 0.3 is 6.18 Å². The molecule has 9 nitrogen and oxygen atoms in total. The van der Waals surface area contributed by atoms with Crippen molar-refractivity contribution in [1.29, 1.82) is 10.5 Å². The minimum absolute atomic E-state index is 0.0116. The van der Waals surface area contributed by atoms with Gasteiger partial charge in [-0.05, 0) is 18.6 Å². The van der Waals surface area contributed by atoms with Gasteiger partial charge in [-0.3, -0.25) is 4.68 Å². The molecule has 0 unspecified atom stereocenters. The van der Waals surface area contributed by atoms with Crippen molar-refractivity contribution in [1.82, 2.24) is 29.7 Å². The number of hydrogen-bond donors (Lipinski definition) is 1. The van der Waals surface area contributed by atoms with E-state index in [-0.39, 0.29) is 24.2 Å². The van der Waals surface area contributed by atoms with Gasteiger partial charge in [-0.1, -0.05) is 0 Å². The highest BCUT2D eigenvalue weighted by Gasteiger charge is 2.38. The Morgan fingerprint density at radius 2 is 2.06 bits per heavy atom. The number of halogens is 3. The van der Waals surface area contributed by atoms with Crippen LogP contribution < -0.4 is 4.90 Å². The molecular weight excluding hydrogens is 459 g/mol. The fourth-order valence-corrected chi connectivity index (χ4v) is 4.64. The molecular formula is C23H18F3N9. The summed E-state index contributed by atoms with van der Waals surface area (Å²) in [7, 11) is 0. The second-order valence-electron chi connectivity index (χ2n) is 8.26. The summed E-state index contributed by atoms with van der Waals surface area (Å²) in [6, 6.07) is 6.25. The Labute approximate surface area is 197 Å². The van der Waals surface area contributed by atoms with Crippen molar-refractivity contribution >= 4 is 16.9 Å². The van der Waals surface area contributed by atoms with Gasteiger partial charge in [0.05, 0.1) is 36.0 Å². The van der Waals surface area contributed by atoms with Crippen molar-refractivity contribution in [2.24, 2.45) is 5.92 Å². The standard InChI is InChI=1S/C23H18F3N9/c24-23(25,26)18-3-7-30-22(17(18)9-28)34-8-4-14(11-34)19(1-5-27)35-12-15(10-33-35)20-16-2-6-29-21(16)32-13-31-20/h2-3,6-7,10,12-14,19H,1,4,8,11H2,(H,29,31,32)/t14-,19-/m0/s1. The predicted octanol–water partition coefficient (Wildman–Crippen LogP) is 4.09. The van der Waals surface area contributed by atoms with Gasteiger partial charge in [0.15, 0.2) is 0 Å². The number of nitriles is 2. The number of rotatable bonds is 5. The minimum Gasteiger partial charge on any atom is -0.355 e. The molecule has 2 atom stereocenters. The molecule has 35 heavy (non-hydrogen) atoms. The van der Waals surface area contributed by atoms with Crippen LogP contribution >= 0.6 is 0 Å². The van der Waals surface area contributed by atoms with Crippen molar-refractivity contribution in [2.45, 2.75) is 25.1 Å². The molecule has 5 rings (SSSR count). The van der Waals surface area contributed by atoms with Gasteiger partial charge in [0, 0.05) is 48.5 Å². The van der Waals surface area contributed by atoms with Crippen LogP contribution in [0, 0.1) is 28.6 Å². The van der Waals surface area contributed by atoms with Crippen molar-refractivity contribution in [3.63, 3.8) is 0 Å². The lowest BCUT2D eigenvalue weighted by molar-refractivity contribution is -0.137. The monoisotopic (exact) mass is 477 g/mol. The Hall–Kier alpha value is -4.45. The zero-order valence-corrected chi connectivity index (χ0v) is 18.2. The van der Waals surface area contributed by atoms with Gasteiger partial charge in [0.25, 0.3) is 0 Å². The number of pyridine rings is 1. The van der Waals surface area contributed by atoms with Crippen molar-refractivity contribution in [3.05, 3.63) is 54.4 Å². The molecule has 1 aliphatic heterocycles. The molecule has 0 amide bonds. The van der Waals surface area contributed by atoms with E-state index in [1.54, 1.807) is 28.0 Å². The van der Waals surface area contributed by atoms with E-state index >= 15 is 0 Å². The molecule has 0 bridgehead atoms. The van der Waals surface area contributed by atoms with Gasteiger partial charge in [0.2, 0.25) is 0 Å². The molecule has 0 spiro atoms. The lowest BCUT2D eigenvalue weighted by atomic mass is 9.96. The molecule has 1 N–H and O–H groups in total. The Kier molecular flexibility index (Phi) is 5.57. The Morgan fingerprint density at radius 1 is 1.20 bits per heavy atom. The Morgan fingerprint density at radius 3 is 2.83 bits per heavy atom. The fourth-order valence-electron chi connectivity index (χ4n) is 4.64. The first-order chi connectivity index (χ1) is 16.9. The zero-order chi connectivity index (χ0) is 24.6. The third kappa shape index (κ3) is 4.04. The number of aromatic amines is 1. The van der Waals surface area contributed by atoms with Crippen LogP contribution in [0.3, 0.4) is 0 Å². The number of fused-ring (bicyclic) bond motifs is 1. The SMILES string of the molecule is N#CC[C@@H]([C@H]1CCN(c2nccc(C(F)(F)F)c2C#N)C1)n1cc(-c2ncnc3[nH]ccc23)cn1. The van der Waals surface area contributed by atoms with E-state index < -0.39 is 17.3 Å². The lowest BCUT2D eigenvalue weighted by Gasteiger charge is -2.24. The summed E-state index contributed by atoms with van der Waals surface area (Å²) in [5.74, 6) is -0.0690. The molecule has 0 radical (unpaired) electrons. The molecule has 0 aliphatic carbocycles. The van der Waals surface area contributed by atoms with E-state index in [1.807, 2.05) is 12.3 Å². The maximum atomic E-state index is 13.4. The topological polar surface area (TPSA) is 123 Å². The molecule has 1 saturated heterocycles. The molecule has 0 aromatic carbocycles. The first kappa shape index (κ1) is 22.3. The van der Waals surface area contributed by atoms with Crippen LogP contribution in [0.2, 0.25) is 0 Å². The number of H-pyrrole nitrogens is 1. The molecule has 176 valence electrons. The number of nitrogens with one attached hydrogen (secondary N) is 1. The van der Waals surface area contributed by atoms with Crippen molar-refractivity contribution in [3.8, 4) is 23.4 Å². The summed E-state index contributed by atoms with van der Waals surface area (Å²) >= 11 is 0. The highest BCUT2D eigenvalue weighted by Crippen LogP contribution is 2.38. The average molecular weight is 477 g/mol. The predicted molar refractivity (Wildman–Crippen MR) is 119 cm³/mol. The second kappa shape index (κ2) is 8.72. The van der Waals surface area contributed by atoms with Crippen molar-refractivity contribution in [2.75, 3.05) is 18.0 Å². The summed E-state index contributed by atoms with van der Waals surface area (Å²) < 4.78 is 41.9. The summed E-state index contributed by atoms with van der Waals surface area (Å²) in [5, 5.41) is 24.2. The van der Waals surface area contributed by atoms with Crippen LogP contribution in [0.15, 0.2) is 43.2 Å². The van der Waals surface area contributed by atoms with E-state index in [0.29, 0.717) is 30.9 Å². The Bertz CT molecular complexity index is 1460. The van der Waals surface area contributed by atoms with E-state index in [4.69, 9.17) is 0 Å². The molecule has 1 aliphatic rings. The lowest BCUT2D eigenvalue weighted by Crippen LogP contribution is -2.26. The number of alkyl halides is 3. The molecule has 1 fully saturated rings. The molecule has 4 aromatic heterocycles. The number of aromatic nitrogens is 6. The van der Waals surface area contributed by atoms with E-state index in [1.165, 1.54) is 6.33 Å². The summed E-state index contributed by atoms with van der Waals surface area (Å²) in [4.78, 5) is 17.4. The fraction of sp³-hybridized carbons (Fsp3) is 0.304. The van der Waals surface area contributed by atoms with Crippen LogP contribution in [-0.2, 0) is 6.18 Å². The van der Waals surface area contributed by atoms with Gasteiger partial charge in [0.1, 0.15) is 29.4 Å². The van der Waals surface area contributed by atoms with Crippen LogP contribution in [0.4, 0.5) is 19.0 Å². The molecule has 4 aromatic rings. The van der Waals surface area contributed by atoms with E-state index in [2.05, 4.69) is 31.1 Å². The highest BCUT2D eigenvalue weighted by atomic mass is 19.4. The van der Waals surface area contributed by atoms with Gasteiger partial charge < -0.3 is 9.88 Å². The second-order valence-corrected chi connectivity index (χ2v) is 8.26. The smallest absolute Gasteiger partial charge is 0.355 e. The maximum Gasteiger partial charge on any atom is 0.417 e. The van der Waals surface area contributed by atoms with Gasteiger partial charge in [-0.15, -0.1) is 0 Å². The van der Waals surface area contributed by atoms with Crippen molar-refractivity contribution < 1.29 is 13.2 Å². The van der Waals surface area contributed by atoms with Crippen LogP contribution in [0.25, 0.3) is 22.3 Å². The van der Waals surface area contributed by atoms with Gasteiger partial charge in [-0.2, -0.15) is 28.8 Å².